The fraction of sp³-hybridized carbons (Fsp3) is 1.00. The van der Waals surface area contributed by atoms with Crippen molar-refractivity contribution in [2.24, 2.45) is 0 Å². The Hall–Kier alpha value is -0.120. The molecular weight excluding hydrogens is 222 g/mol. The second-order valence-corrected chi connectivity index (χ2v) is 6.53. The lowest BCUT2D eigenvalue weighted by Crippen LogP contribution is -2.40. The summed E-state index contributed by atoms with van der Waals surface area (Å²) in [4.78, 5) is 5.22. The van der Waals surface area contributed by atoms with Gasteiger partial charge in [0, 0.05) is 37.8 Å². The Morgan fingerprint density at radius 1 is 1.22 bits per heavy atom. The normalized spacial score (nSPS) is 26.8. The molecule has 0 aromatic carbocycles. The zero-order valence-corrected chi connectivity index (χ0v) is 12.5. The molecule has 1 aliphatic carbocycles. The number of hydrogen-bond donors (Lipinski definition) is 1. The predicted octanol–water partition coefficient (Wildman–Crippen LogP) is 1.93. The van der Waals surface area contributed by atoms with Crippen LogP contribution in [0.1, 0.15) is 46.0 Å². The average molecular weight is 253 g/mol. The number of nitrogens with one attached hydrogen (secondary N) is 1. The van der Waals surface area contributed by atoms with E-state index in [0.29, 0.717) is 6.04 Å². The molecule has 106 valence electrons. The van der Waals surface area contributed by atoms with Crippen LogP contribution < -0.4 is 5.32 Å². The first kappa shape index (κ1) is 14.3. The first-order valence-corrected chi connectivity index (χ1v) is 7.84. The van der Waals surface area contributed by atoms with Crippen molar-refractivity contribution in [3.05, 3.63) is 0 Å². The summed E-state index contributed by atoms with van der Waals surface area (Å²) in [5.41, 5.74) is 0. The van der Waals surface area contributed by atoms with Gasteiger partial charge in [0.25, 0.3) is 0 Å². The molecule has 1 aliphatic heterocycles. The summed E-state index contributed by atoms with van der Waals surface area (Å²) in [6, 6.07) is 2.22. The Labute approximate surface area is 113 Å². The van der Waals surface area contributed by atoms with Crippen molar-refractivity contribution in [2.45, 2.75) is 64.1 Å². The molecule has 2 fully saturated rings. The minimum Gasteiger partial charge on any atom is -0.310 e. The predicted molar refractivity (Wildman–Crippen MR) is 78.0 cm³/mol. The number of likely N-dealkylation sites (N-methyl/N-ethyl adjacent to an activating group) is 1. The van der Waals surface area contributed by atoms with Crippen LogP contribution in [-0.4, -0.2) is 61.2 Å². The molecule has 3 nitrogen and oxygen atoms in total. The molecule has 0 amide bonds. The van der Waals surface area contributed by atoms with E-state index in [0.717, 1.165) is 12.1 Å². The summed E-state index contributed by atoms with van der Waals surface area (Å²) >= 11 is 0. The lowest BCUT2D eigenvalue weighted by molar-refractivity contribution is 0.205. The molecule has 1 heterocycles. The Morgan fingerprint density at radius 2 is 1.94 bits per heavy atom. The largest absolute Gasteiger partial charge is 0.310 e. The average Bonchev–Trinajstić information content (AvgIpc) is 2.95. The number of nitrogens with zero attached hydrogens (tertiary/aromatic N) is 2. The third kappa shape index (κ3) is 4.22. The fourth-order valence-electron chi connectivity index (χ4n) is 3.47. The highest BCUT2D eigenvalue weighted by atomic mass is 15.2. The molecule has 1 N–H and O–H groups in total. The van der Waals surface area contributed by atoms with E-state index >= 15 is 0 Å². The van der Waals surface area contributed by atoms with E-state index in [9.17, 15) is 0 Å². The van der Waals surface area contributed by atoms with Gasteiger partial charge >= 0.3 is 0 Å². The second-order valence-electron chi connectivity index (χ2n) is 6.53. The van der Waals surface area contributed by atoms with Gasteiger partial charge in [-0.05, 0) is 32.9 Å². The van der Waals surface area contributed by atoms with Gasteiger partial charge in [-0.2, -0.15) is 0 Å². The van der Waals surface area contributed by atoms with E-state index in [-0.39, 0.29) is 0 Å². The summed E-state index contributed by atoms with van der Waals surface area (Å²) in [5.74, 6) is 0. The van der Waals surface area contributed by atoms with Crippen LogP contribution in [-0.2, 0) is 0 Å². The third-order valence-corrected chi connectivity index (χ3v) is 4.56. The van der Waals surface area contributed by atoms with E-state index in [1.165, 1.54) is 58.3 Å². The maximum atomic E-state index is 3.66. The van der Waals surface area contributed by atoms with Gasteiger partial charge in [-0.1, -0.05) is 26.7 Å². The molecule has 1 unspecified atom stereocenters. The van der Waals surface area contributed by atoms with Gasteiger partial charge in [-0.3, -0.25) is 0 Å². The van der Waals surface area contributed by atoms with Crippen LogP contribution in [0, 0.1) is 0 Å². The lowest BCUT2D eigenvalue weighted by Gasteiger charge is -2.26. The van der Waals surface area contributed by atoms with Crippen molar-refractivity contribution in [1.82, 2.24) is 15.1 Å². The molecule has 3 heteroatoms. The van der Waals surface area contributed by atoms with Crippen LogP contribution in [0.15, 0.2) is 0 Å². The Balaban J connectivity index is 1.62. The number of rotatable bonds is 6. The van der Waals surface area contributed by atoms with Crippen LogP contribution in [0.5, 0.6) is 0 Å². The molecule has 0 aromatic heterocycles. The van der Waals surface area contributed by atoms with Crippen molar-refractivity contribution in [3.8, 4) is 0 Å². The lowest BCUT2D eigenvalue weighted by atomic mass is 10.2. The van der Waals surface area contributed by atoms with Gasteiger partial charge in [-0.25, -0.2) is 0 Å². The van der Waals surface area contributed by atoms with Gasteiger partial charge < -0.3 is 15.1 Å². The van der Waals surface area contributed by atoms with Crippen molar-refractivity contribution < 1.29 is 0 Å². The first-order chi connectivity index (χ1) is 8.65. The molecule has 2 aliphatic rings. The maximum absolute atomic E-state index is 3.66. The molecule has 1 atom stereocenters. The van der Waals surface area contributed by atoms with Gasteiger partial charge in [0.05, 0.1) is 0 Å². The van der Waals surface area contributed by atoms with Gasteiger partial charge in [0.2, 0.25) is 0 Å². The molecule has 0 radical (unpaired) electrons. The minimum absolute atomic E-state index is 0.621. The van der Waals surface area contributed by atoms with Crippen LogP contribution >= 0.6 is 0 Å². The van der Waals surface area contributed by atoms with Crippen LogP contribution in [0.4, 0.5) is 0 Å². The van der Waals surface area contributed by atoms with Gasteiger partial charge in [-0.15, -0.1) is 0 Å². The number of hydrogen-bond acceptors (Lipinski definition) is 3. The zero-order valence-electron chi connectivity index (χ0n) is 12.5. The standard InChI is InChI=1S/C15H31N3/c1-13(2)16-14-8-9-18(12-14)11-10-17(3)15-6-4-5-7-15/h13-16H,4-12H2,1-3H3. The highest BCUT2D eigenvalue weighted by Crippen LogP contribution is 2.22. The SMILES string of the molecule is CC(C)NC1CCN(CCN(C)C2CCCC2)C1. The monoisotopic (exact) mass is 253 g/mol. The third-order valence-electron chi connectivity index (χ3n) is 4.56. The van der Waals surface area contributed by atoms with Crippen molar-refractivity contribution in [2.75, 3.05) is 33.2 Å². The molecule has 1 saturated heterocycles. The fourth-order valence-corrected chi connectivity index (χ4v) is 3.47. The highest BCUT2D eigenvalue weighted by Gasteiger charge is 2.24. The molecule has 18 heavy (non-hydrogen) atoms. The summed E-state index contributed by atoms with van der Waals surface area (Å²) in [6.45, 7) is 9.52. The van der Waals surface area contributed by atoms with E-state index in [1.54, 1.807) is 0 Å². The molecule has 2 rings (SSSR count). The maximum Gasteiger partial charge on any atom is 0.0209 e. The smallest absolute Gasteiger partial charge is 0.0209 e. The molecule has 0 bridgehead atoms. The molecule has 1 saturated carbocycles. The minimum atomic E-state index is 0.621. The van der Waals surface area contributed by atoms with E-state index in [2.05, 4.69) is 36.0 Å². The summed E-state index contributed by atoms with van der Waals surface area (Å²) < 4.78 is 0. The summed E-state index contributed by atoms with van der Waals surface area (Å²) in [5, 5.41) is 3.66. The van der Waals surface area contributed by atoms with E-state index in [1.807, 2.05) is 0 Å². The van der Waals surface area contributed by atoms with Crippen molar-refractivity contribution >= 4 is 0 Å². The van der Waals surface area contributed by atoms with Crippen molar-refractivity contribution in [3.63, 3.8) is 0 Å². The van der Waals surface area contributed by atoms with Gasteiger partial charge in [0.1, 0.15) is 0 Å². The van der Waals surface area contributed by atoms with Crippen LogP contribution in [0.2, 0.25) is 0 Å². The summed E-state index contributed by atoms with van der Waals surface area (Å²) in [6.07, 6.45) is 7.06. The Kier molecular flexibility index (Phi) is 5.46. The molecular formula is C15H31N3. The Bertz CT molecular complexity index is 236. The van der Waals surface area contributed by atoms with Gasteiger partial charge in [0.15, 0.2) is 0 Å². The molecule has 0 aromatic rings. The first-order valence-electron chi connectivity index (χ1n) is 7.84. The zero-order chi connectivity index (χ0) is 13.0. The quantitative estimate of drug-likeness (QED) is 0.780. The second kappa shape index (κ2) is 6.88. The topological polar surface area (TPSA) is 18.5 Å². The molecule has 0 spiro atoms. The summed E-state index contributed by atoms with van der Waals surface area (Å²) in [7, 11) is 2.32. The van der Waals surface area contributed by atoms with E-state index in [4.69, 9.17) is 0 Å². The van der Waals surface area contributed by atoms with Crippen molar-refractivity contribution in [1.29, 1.82) is 0 Å². The number of likely N-dealkylation sites (tertiary alicyclic amines) is 1. The van der Waals surface area contributed by atoms with E-state index < -0.39 is 0 Å². The Morgan fingerprint density at radius 3 is 2.61 bits per heavy atom. The van der Waals surface area contributed by atoms with Crippen LogP contribution in [0.25, 0.3) is 0 Å². The highest BCUT2D eigenvalue weighted by molar-refractivity contribution is 4.83. The van der Waals surface area contributed by atoms with Crippen LogP contribution in [0.3, 0.4) is 0 Å².